The minimum absolute atomic E-state index is 0.702. The van der Waals surface area contributed by atoms with Crippen molar-refractivity contribution in [3.63, 3.8) is 0 Å². The van der Waals surface area contributed by atoms with Crippen LogP contribution in [0.4, 0.5) is 0 Å². The Labute approximate surface area is 75.9 Å². The Balaban J connectivity index is 2.55. The van der Waals surface area contributed by atoms with E-state index in [2.05, 4.69) is 6.07 Å². The van der Waals surface area contributed by atoms with E-state index in [0.29, 0.717) is 5.56 Å². The van der Waals surface area contributed by atoms with Crippen LogP contribution in [0.3, 0.4) is 0 Å². The van der Waals surface area contributed by atoms with Gasteiger partial charge in [-0.2, -0.15) is 5.26 Å². The van der Waals surface area contributed by atoms with Crippen LogP contribution in [0.5, 0.6) is 0 Å². The van der Waals surface area contributed by atoms with E-state index >= 15 is 0 Å². The second-order valence-corrected chi connectivity index (χ2v) is 3.15. The topological polar surface area (TPSA) is 23.8 Å². The van der Waals surface area contributed by atoms with Crippen molar-refractivity contribution in [2.75, 3.05) is 0 Å². The molecule has 0 atom stereocenters. The quantitative estimate of drug-likeness (QED) is 0.595. The number of rotatable bonds is 0. The lowest BCUT2D eigenvalue weighted by atomic mass is 10.1. The van der Waals surface area contributed by atoms with Gasteiger partial charge in [-0.3, -0.25) is 0 Å². The Morgan fingerprint density at radius 2 is 2.25 bits per heavy atom. The maximum Gasteiger partial charge on any atom is 0.0991 e. The van der Waals surface area contributed by atoms with Crippen molar-refractivity contribution >= 4 is 16.6 Å². The molecule has 1 aliphatic carbocycles. The first-order valence-corrected chi connectivity index (χ1v) is 4.08. The van der Waals surface area contributed by atoms with Crippen molar-refractivity contribution in [1.29, 1.82) is 5.26 Å². The normalized spacial score (nSPS) is 13.5. The number of nitriles is 1. The fourth-order valence-electron chi connectivity index (χ4n) is 1.37. The zero-order chi connectivity index (χ0) is 8.55. The average Bonchev–Trinajstić information content (AvgIpc) is 2.47. The molecule has 0 N–H and O–H groups in total. The van der Waals surface area contributed by atoms with Gasteiger partial charge in [-0.25, -0.2) is 0 Å². The van der Waals surface area contributed by atoms with Crippen molar-refractivity contribution in [1.82, 2.24) is 0 Å². The lowest BCUT2D eigenvalue weighted by Crippen LogP contribution is -1.83. The summed E-state index contributed by atoms with van der Waals surface area (Å²) in [5.74, 6) is 0. The van der Waals surface area contributed by atoms with Crippen molar-refractivity contribution in [3.8, 4) is 6.07 Å². The summed E-state index contributed by atoms with van der Waals surface area (Å²) in [4.78, 5) is 0. The van der Waals surface area contributed by atoms with Gasteiger partial charge in [-0.1, -0.05) is 23.7 Å². The molecule has 2 heteroatoms. The fourth-order valence-corrected chi connectivity index (χ4v) is 1.64. The van der Waals surface area contributed by atoms with Crippen LogP contribution in [-0.2, 0) is 6.42 Å². The smallest absolute Gasteiger partial charge is 0.0991 e. The van der Waals surface area contributed by atoms with E-state index in [1.165, 1.54) is 0 Å². The number of fused-ring (bicyclic) bond motifs is 1. The number of benzene rings is 1. The van der Waals surface area contributed by atoms with Crippen LogP contribution in [0.2, 0.25) is 0 Å². The lowest BCUT2D eigenvalue weighted by molar-refractivity contribution is 1.30. The third-order valence-electron chi connectivity index (χ3n) is 1.99. The zero-order valence-corrected chi connectivity index (χ0v) is 7.10. The summed E-state index contributed by atoms with van der Waals surface area (Å²) >= 11 is 5.92. The molecular weight excluding hydrogens is 170 g/mol. The van der Waals surface area contributed by atoms with Gasteiger partial charge in [0.25, 0.3) is 0 Å². The second-order valence-electron chi connectivity index (χ2n) is 2.74. The first-order valence-electron chi connectivity index (χ1n) is 3.70. The van der Waals surface area contributed by atoms with Gasteiger partial charge in [0.1, 0.15) is 0 Å². The summed E-state index contributed by atoms with van der Waals surface area (Å²) in [5, 5.41) is 9.44. The number of hydrogen-bond donors (Lipinski definition) is 0. The summed E-state index contributed by atoms with van der Waals surface area (Å²) in [7, 11) is 0. The van der Waals surface area contributed by atoms with Crippen LogP contribution < -0.4 is 0 Å². The molecule has 1 nitrogen and oxygen atoms in total. The van der Waals surface area contributed by atoms with Gasteiger partial charge in [-0.05, 0) is 29.7 Å². The second kappa shape index (κ2) is 2.66. The van der Waals surface area contributed by atoms with E-state index in [1.54, 1.807) is 6.07 Å². The monoisotopic (exact) mass is 175 g/mol. The van der Waals surface area contributed by atoms with Crippen molar-refractivity contribution in [2.45, 2.75) is 6.42 Å². The fraction of sp³-hybridized carbons (Fsp3) is 0.100. The molecule has 58 valence electrons. The molecule has 0 unspecified atom stereocenters. The van der Waals surface area contributed by atoms with Crippen molar-refractivity contribution < 1.29 is 0 Å². The highest BCUT2D eigenvalue weighted by Gasteiger charge is 2.11. The molecule has 12 heavy (non-hydrogen) atoms. The first kappa shape index (κ1) is 7.39. The van der Waals surface area contributed by atoms with Crippen LogP contribution in [0.25, 0.3) is 5.03 Å². The molecule has 0 aliphatic heterocycles. The Morgan fingerprint density at radius 3 is 3.00 bits per heavy atom. The summed E-state index contributed by atoms with van der Waals surface area (Å²) < 4.78 is 0. The summed E-state index contributed by atoms with van der Waals surface area (Å²) in [6, 6.07) is 7.69. The van der Waals surface area contributed by atoms with Crippen LogP contribution in [0.1, 0.15) is 16.7 Å². The molecule has 0 fully saturated rings. The molecule has 0 heterocycles. The molecule has 0 radical (unpaired) electrons. The van der Waals surface area contributed by atoms with Gasteiger partial charge in [-0.15, -0.1) is 0 Å². The van der Waals surface area contributed by atoms with E-state index in [0.717, 1.165) is 22.6 Å². The zero-order valence-electron chi connectivity index (χ0n) is 6.34. The Kier molecular flexibility index (Phi) is 1.64. The Morgan fingerprint density at radius 1 is 1.42 bits per heavy atom. The average molecular weight is 176 g/mol. The molecule has 1 aromatic rings. The summed E-state index contributed by atoms with van der Waals surface area (Å²) in [5.41, 5.74) is 2.92. The van der Waals surface area contributed by atoms with E-state index in [-0.39, 0.29) is 0 Å². The number of hydrogen-bond acceptors (Lipinski definition) is 1. The Bertz CT molecular complexity index is 399. The van der Waals surface area contributed by atoms with Gasteiger partial charge in [0.05, 0.1) is 11.6 Å². The molecular formula is C10H6ClN. The minimum Gasteiger partial charge on any atom is -0.192 e. The molecule has 0 aromatic heterocycles. The maximum absolute atomic E-state index is 8.63. The van der Waals surface area contributed by atoms with E-state index in [9.17, 15) is 0 Å². The highest BCUT2D eigenvalue weighted by Crippen LogP contribution is 2.30. The minimum atomic E-state index is 0.702. The lowest BCUT2D eigenvalue weighted by Gasteiger charge is -1.98. The predicted molar refractivity (Wildman–Crippen MR) is 48.7 cm³/mol. The molecule has 2 rings (SSSR count). The molecule has 1 aliphatic rings. The van der Waals surface area contributed by atoms with Crippen molar-refractivity contribution in [3.05, 3.63) is 41.0 Å². The highest BCUT2D eigenvalue weighted by molar-refractivity contribution is 6.49. The third-order valence-corrected chi connectivity index (χ3v) is 2.35. The summed E-state index contributed by atoms with van der Waals surface area (Å²) in [6.45, 7) is 0. The van der Waals surface area contributed by atoms with E-state index in [4.69, 9.17) is 16.9 Å². The van der Waals surface area contributed by atoms with E-state index < -0.39 is 0 Å². The van der Waals surface area contributed by atoms with Gasteiger partial charge in [0.2, 0.25) is 0 Å². The largest absolute Gasteiger partial charge is 0.192 e. The molecule has 1 aromatic carbocycles. The van der Waals surface area contributed by atoms with E-state index in [1.807, 2.05) is 18.2 Å². The number of halogens is 1. The predicted octanol–water partition coefficient (Wildman–Crippen LogP) is 2.69. The standard InChI is InChI=1S/C10H6ClN/c11-10-4-2-8-5-7(6-12)1-3-9(8)10/h1,3-5H,2H2. The maximum atomic E-state index is 8.63. The van der Waals surface area contributed by atoms with Gasteiger partial charge in [0.15, 0.2) is 0 Å². The molecule has 0 amide bonds. The first-order chi connectivity index (χ1) is 5.81. The van der Waals surface area contributed by atoms with Gasteiger partial charge in [0, 0.05) is 5.03 Å². The van der Waals surface area contributed by atoms with Crippen LogP contribution in [0.15, 0.2) is 24.3 Å². The summed E-state index contributed by atoms with van der Waals surface area (Å²) in [6.07, 6.45) is 2.82. The SMILES string of the molecule is N#Cc1ccc2c(c1)CC=C2Cl. The van der Waals surface area contributed by atoms with Crippen LogP contribution in [0, 0.1) is 11.3 Å². The molecule has 0 spiro atoms. The molecule has 0 saturated carbocycles. The van der Waals surface area contributed by atoms with Crippen LogP contribution >= 0.6 is 11.6 Å². The van der Waals surface area contributed by atoms with Gasteiger partial charge < -0.3 is 0 Å². The number of allylic oxidation sites excluding steroid dienone is 1. The molecule has 0 saturated heterocycles. The van der Waals surface area contributed by atoms with Crippen LogP contribution in [-0.4, -0.2) is 0 Å². The Hall–Kier alpha value is -1.26. The highest BCUT2D eigenvalue weighted by atomic mass is 35.5. The third kappa shape index (κ3) is 1.01. The van der Waals surface area contributed by atoms with Gasteiger partial charge >= 0.3 is 0 Å². The molecule has 0 bridgehead atoms. The number of nitrogens with zero attached hydrogens (tertiary/aromatic N) is 1. The van der Waals surface area contributed by atoms with Crippen molar-refractivity contribution in [2.24, 2.45) is 0 Å².